The number of hydrogen-bond donors (Lipinski definition) is 3. The molecular weight excluding hydrogens is 887 g/mol. The van der Waals surface area contributed by atoms with Crippen molar-refractivity contribution in [2.45, 2.75) is 373 Å². The van der Waals surface area contributed by atoms with E-state index in [1.54, 1.807) is 0 Å². The molecule has 6 heteroatoms. The van der Waals surface area contributed by atoms with Crippen molar-refractivity contribution in [1.29, 1.82) is 0 Å². The van der Waals surface area contributed by atoms with Crippen LogP contribution in [-0.4, -0.2) is 47.4 Å². The van der Waals surface area contributed by atoms with Crippen molar-refractivity contribution in [2.75, 3.05) is 13.2 Å². The molecule has 426 valence electrons. The Hall–Kier alpha value is -1.66. The molecule has 0 rings (SSSR count). The van der Waals surface area contributed by atoms with Crippen LogP contribution >= 0.6 is 0 Å². The van der Waals surface area contributed by atoms with Gasteiger partial charge in [0.05, 0.1) is 25.4 Å². The van der Waals surface area contributed by atoms with E-state index in [1.165, 1.54) is 276 Å². The Morgan fingerprint density at radius 1 is 0.389 bits per heavy atom. The van der Waals surface area contributed by atoms with Crippen LogP contribution in [0.25, 0.3) is 0 Å². The number of unbranched alkanes of at least 4 members (excludes halogenated alkanes) is 46. The fourth-order valence-electron chi connectivity index (χ4n) is 10.3. The average Bonchev–Trinajstić information content (AvgIpc) is 3.38. The van der Waals surface area contributed by atoms with Crippen LogP contribution in [-0.2, 0) is 14.3 Å². The molecule has 0 saturated carbocycles. The lowest BCUT2D eigenvalue weighted by Crippen LogP contribution is -2.45. The summed E-state index contributed by atoms with van der Waals surface area (Å²) in [5.41, 5.74) is 0. The first-order valence-corrected chi connectivity index (χ1v) is 32.6. The zero-order chi connectivity index (χ0) is 52.2. The molecule has 6 nitrogen and oxygen atoms in total. The van der Waals surface area contributed by atoms with Crippen LogP contribution in [0.2, 0.25) is 0 Å². The van der Waals surface area contributed by atoms with Gasteiger partial charge in [0.2, 0.25) is 5.91 Å². The summed E-state index contributed by atoms with van der Waals surface area (Å²) in [6.45, 7) is 4.95. The monoisotopic (exact) mass is 1010 g/mol. The first-order valence-electron chi connectivity index (χ1n) is 32.6. The third-order valence-electron chi connectivity index (χ3n) is 15.3. The zero-order valence-electron chi connectivity index (χ0n) is 48.7. The molecule has 0 spiro atoms. The lowest BCUT2D eigenvalue weighted by molar-refractivity contribution is -0.143. The highest BCUT2D eigenvalue weighted by molar-refractivity contribution is 5.76. The van der Waals surface area contributed by atoms with Gasteiger partial charge >= 0.3 is 5.97 Å². The van der Waals surface area contributed by atoms with Gasteiger partial charge in [-0.05, 0) is 57.8 Å². The number of aliphatic hydroxyl groups excluding tert-OH is 2. The van der Waals surface area contributed by atoms with Gasteiger partial charge in [0, 0.05) is 12.8 Å². The third kappa shape index (κ3) is 57.6. The second-order valence-corrected chi connectivity index (χ2v) is 22.5. The number of amides is 1. The van der Waals surface area contributed by atoms with E-state index in [0.29, 0.717) is 25.9 Å². The fourth-order valence-corrected chi connectivity index (χ4v) is 10.3. The number of carbonyl (C=O) groups is 2. The van der Waals surface area contributed by atoms with Gasteiger partial charge in [-0.1, -0.05) is 314 Å². The van der Waals surface area contributed by atoms with Crippen molar-refractivity contribution >= 4 is 11.9 Å². The number of nitrogens with one attached hydrogen (secondary N) is 1. The summed E-state index contributed by atoms with van der Waals surface area (Å²) in [6.07, 6.45) is 76.3. The first-order chi connectivity index (χ1) is 35.5. The number of esters is 1. The Kier molecular flexibility index (Phi) is 60.5. The van der Waals surface area contributed by atoms with E-state index >= 15 is 0 Å². The molecule has 2 unspecified atom stereocenters. The smallest absolute Gasteiger partial charge is 0.305 e. The molecular formula is C66H127NO5. The maximum absolute atomic E-state index is 12.5. The number of carbonyl (C=O) groups excluding carboxylic acids is 2. The van der Waals surface area contributed by atoms with Crippen molar-refractivity contribution in [3.8, 4) is 0 Å². The largest absolute Gasteiger partial charge is 0.466 e. The van der Waals surface area contributed by atoms with Crippen LogP contribution in [0.3, 0.4) is 0 Å². The van der Waals surface area contributed by atoms with Crippen molar-refractivity contribution in [3.63, 3.8) is 0 Å². The number of hydrogen-bond acceptors (Lipinski definition) is 5. The van der Waals surface area contributed by atoms with Gasteiger partial charge in [0.15, 0.2) is 0 Å². The molecule has 0 aromatic heterocycles. The van der Waals surface area contributed by atoms with E-state index in [0.717, 1.165) is 51.4 Å². The molecule has 2 atom stereocenters. The van der Waals surface area contributed by atoms with Crippen molar-refractivity contribution in [2.24, 2.45) is 0 Å². The van der Waals surface area contributed by atoms with Crippen LogP contribution in [0.4, 0.5) is 0 Å². The van der Waals surface area contributed by atoms with E-state index in [-0.39, 0.29) is 18.5 Å². The second-order valence-electron chi connectivity index (χ2n) is 22.5. The average molecular weight is 1010 g/mol. The maximum atomic E-state index is 12.5. The minimum Gasteiger partial charge on any atom is -0.466 e. The molecule has 72 heavy (non-hydrogen) atoms. The first kappa shape index (κ1) is 70.3. The summed E-state index contributed by atoms with van der Waals surface area (Å²) in [5, 5.41) is 23.3. The molecule has 0 fully saturated rings. The second kappa shape index (κ2) is 61.9. The Morgan fingerprint density at radius 3 is 1.07 bits per heavy atom. The number of rotatable bonds is 61. The third-order valence-corrected chi connectivity index (χ3v) is 15.3. The topological polar surface area (TPSA) is 95.9 Å². The summed E-state index contributed by atoms with van der Waals surface area (Å²) < 4.78 is 5.49. The molecule has 0 aliphatic rings. The summed E-state index contributed by atoms with van der Waals surface area (Å²) in [6, 6.07) is -0.539. The highest BCUT2D eigenvalue weighted by Gasteiger charge is 2.20. The minimum absolute atomic E-state index is 0.00340. The number of aliphatic hydroxyl groups is 2. The minimum atomic E-state index is -0.662. The molecule has 0 aromatic carbocycles. The zero-order valence-corrected chi connectivity index (χ0v) is 48.7. The van der Waals surface area contributed by atoms with Crippen LogP contribution in [0.15, 0.2) is 24.3 Å². The predicted molar refractivity (Wildman–Crippen MR) is 315 cm³/mol. The molecule has 0 bridgehead atoms. The van der Waals surface area contributed by atoms with Gasteiger partial charge in [-0.25, -0.2) is 0 Å². The summed E-state index contributed by atoms with van der Waals surface area (Å²) in [7, 11) is 0. The van der Waals surface area contributed by atoms with E-state index in [1.807, 2.05) is 0 Å². The Bertz CT molecular complexity index is 1120. The predicted octanol–water partition coefficient (Wildman–Crippen LogP) is 20.6. The van der Waals surface area contributed by atoms with Gasteiger partial charge in [-0.2, -0.15) is 0 Å². The lowest BCUT2D eigenvalue weighted by Gasteiger charge is -2.22. The molecule has 0 saturated heterocycles. The highest BCUT2D eigenvalue weighted by Crippen LogP contribution is 2.18. The van der Waals surface area contributed by atoms with Gasteiger partial charge in [0.25, 0.3) is 0 Å². The quantitative estimate of drug-likeness (QED) is 0.0320. The van der Waals surface area contributed by atoms with Crippen LogP contribution in [0.1, 0.15) is 361 Å². The van der Waals surface area contributed by atoms with E-state index < -0.39 is 12.1 Å². The maximum Gasteiger partial charge on any atom is 0.305 e. The number of allylic oxidation sites excluding steroid dienone is 4. The summed E-state index contributed by atoms with van der Waals surface area (Å²) >= 11 is 0. The molecule has 0 heterocycles. The number of ether oxygens (including phenoxy) is 1. The Morgan fingerprint density at radius 2 is 0.694 bits per heavy atom. The summed E-state index contributed by atoms with van der Waals surface area (Å²) in [4.78, 5) is 24.6. The molecule has 3 N–H and O–H groups in total. The normalized spacial score (nSPS) is 12.7. The molecule has 1 amide bonds. The standard InChI is InChI=1S/C66H127NO5/c1-3-5-7-9-11-13-15-17-19-32-36-40-44-48-52-56-60-66(71)72-61-57-53-49-45-41-37-33-30-28-26-24-22-20-21-23-25-27-29-31-35-39-43-47-51-55-59-65(70)67-63(62-68)64(69)58-54-50-46-42-38-34-18-16-14-12-10-8-6-4-2/h13,15,19,32,63-64,68-69H,3-12,14,16-18,20-31,33-62H2,1-2H3,(H,67,70)/b15-13-,32-19-. The molecule has 0 radical (unpaired) electrons. The molecule has 0 aliphatic heterocycles. The molecule has 0 aromatic rings. The van der Waals surface area contributed by atoms with Gasteiger partial charge in [-0.15, -0.1) is 0 Å². The van der Waals surface area contributed by atoms with Crippen molar-refractivity contribution < 1.29 is 24.5 Å². The van der Waals surface area contributed by atoms with Gasteiger partial charge < -0.3 is 20.3 Å². The molecule has 0 aliphatic carbocycles. The van der Waals surface area contributed by atoms with E-state index in [4.69, 9.17) is 4.74 Å². The van der Waals surface area contributed by atoms with Gasteiger partial charge in [-0.3, -0.25) is 9.59 Å². The van der Waals surface area contributed by atoms with E-state index in [9.17, 15) is 19.8 Å². The SMILES string of the molecule is CCCCCC/C=C\C/C=C\CCCCCCCC(=O)OCCCCCCCCCCCCCCCCCCCCCCCCCCCC(=O)NC(CO)C(O)CCCCCCCCCCCCCCCC. The lowest BCUT2D eigenvalue weighted by atomic mass is 10.0. The Labute approximate surface area is 450 Å². The summed E-state index contributed by atoms with van der Waals surface area (Å²) in [5.74, 6) is -0.0280. The van der Waals surface area contributed by atoms with E-state index in [2.05, 4.69) is 43.5 Å². The highest BCUT2D eigenvalue weighted by atomic mass is 16.5. The van der Waals surface area contributed by atoms with Crippen LogP contribution in [0, 0.1) is 0 Å². The van der Waals surface area contributed by atoms with Crippen molar-refractivity contribution in [3.05, 3.63) is 24.3 Å². The van der Waals surface area contributed by atoms with Gasteiger partial charge in [0.1, 0.15) is 0 Å². The van der Waals surface area contributed by atoms with Crippen molar-refractivity contribution in [1.82, 2.24) is 5.32 Å². The van der Waals surface area contributed by atoms with Crippen LogP contribution in [0.5, 0.6) is 0 Å². The van der Waals surface area contributed by atoms with Crippen LogP contribution < -0.4 is 5.32 Å². The fraction of sp³-hybridized carbons (Fsp3) is 0.909. The Balaban J connectivity index is 3.35.